The van der Waals surface area contributed by atoms with Crippen LogP contribution in [0.2, 0.25) is 0 Å². The summed E-state index contributed by atoms with van der Waals surface area (Å²) < 4.78 is 5.68. The smallest absolute Gasteiger partial charge is 0.231 e. The predicted octanol–water partition coefficient (Wildman–Crippen LogP) is 5.18. The van der Waals surface area contributed by atoms with Crippen molar-refractivity contribution in [2.24, 2.45) is 17.8 Å². The van der Waals surface area contributed by atoms with Crippen LogP contribution in [0.5, 0.6) is 0 Å². The summed E-state index contributed by atoms with van der Waals surface area (Å²) in [6, 6.07) is 12.0. The van der Waals surface area contributed by atoms with E-state index in [0.29, 0.717) is 23.6 Å². The number of aromatic nitrogens is 2. The fourth-order valence-corrected chi connectivity index (χ4v) is 5.79. The fourth-order valence-electron chi connectivity index (χ4n) is 5.00. The van der Waals surface area contributed by atoms with Crippen LogP contribution in [0.25, 0.3) is 10.7 Å². The lowest BCUT2D eigenvalue weighted by Crippen LogP contribution is -2.33. The van der Waals surface area contributed by atoms with Gasteiger partial charge in [0.2, 0.25) is 17.6 Å². The molecule has 0 spiro atoms. The van der Waals surface area contributed by atoms with Gasteiger partial charge in [-0.2, -0.15) is 4.98 Å². The molecule has 3 aromatic rings. The number of rotatable bonds is 4. The molecule has 2 fully saturated rings. The molecule has 0 unspecified atom stereocenters. The molecule has 144 valence electrons. The Hall–Kier alpha value is -2.47. The molecule has 2 aliphatic rings. The summed E-state index contributed by atoms with van der Waals surface area (Å²) in [7, 11) is 0. The largest absolute Gasteiger partial charge is 0.339 e. The first-order valence-corrected chi connectivity index (χ1v) is 10.7. The number of fused-ring (bicyclic) bond motifs is 2. The molecule has 2 aliphatic carbocycles. The first-order chi connectivity index (χ1) is 13.6. The van der Waals surface area contributed by atoms with Crippen LogP contribution in [-0.2, 0) is 4.79 Å². The van der Waals surface area contributed by atoms with Crippen molar-refractivity contribution in [3.8, 4) is 10.7 Å². The predicted molar refractivity (Wildman–Crippen MR) is 109 cm³/mol. The number of hydrogen-bond donors (Lipinski definition) is 1. The normalized spacial score (nSPS) is 25.9. The van der Waals surface area contributed by atoms with E-state index in [1.165, 1.54) is 4.88 Å². The summed E-state index contributed by atoms with van der Waals surface area (Å²) >= 11 is 1.66. The highest BCUT2D eigenvalue weighted by Gasteiger charge is 2.53. The molecule has 2 aromatic heterocycles. The molecule has 1 N–H and O–H groups in total. The minimum atomic E-state index is -0.0994. The average molecular weight is 394 g/mol. The minimum absolute atomic E-state index is 0.0193. The second-order valence-electron chi connectivity index (χ2n) is 8.11. The van der Waals surface area contributed by atoms with E-state index < -0.39 is 0 Å². The van der Waals surface area contributed by atoms with Crippen LogP contribution >= 0.6 is 11.3 Å². The zero-order valence-electron chi connectivity index (χ0n) is 16.0. The second-order valence-corrected chi connectivity index (χ2v) is 9.40. The van der Waals surface area contributed by atoms with Crippen molar-refractivity contribution in [1.82, 2.24) is 10.1 Å². The van der Waals surface area contributed by atoms with Gasteiger partial charge in [0.1, 0.15) is 0 Å². The summed E-state index contributed by atoms with van der Waals surface area (Å²) in [5.74, 6) is 2.11. The maximum Gasteiger partial charge on any atom is 0.231 e. The van der Waals surface area contributed by atoms with Crippen LogP contribution in [0, 0.1) is 31.6 Å². The Labute approximate surface area is 168 Å². The number of anilines is 1. The zero-order chi connectivity index (χ0) is 19.3. The molecule has 0 aliphatic heterocycles. The van der Waals surface area contributed by atoms with E-state index in [2.05, 4.69) is 23.5 Å². The highest BCUT2D eigenvalue weighted by molar-refractivity contribution is 7.15. The Morgan fingerprint density at radius 1 is 1.18 bits per heavy atom. The Morgan fingerprint density at radius 3 is 2.82 bits per heavy atom. The summed E-state index contributed by atoms with van der Waals surface area (Å²) in [6.07, 6.45) is 3.32. The van der Waals surface area contributed by atoms with E-state index in [-0.39, 0.29) is 17.7 Å². The number of aryl methyl sites for hydroxylation is 2. The zero-order valence-corrected chi connectivity index (χ0v) is 16.8. The highest BCUT2D eigenvalue weighted by atomic mass is 32.1. The van der Waals surface area contributed by atoms with Crippen molar-refractivity contribution >= 4 is 22.9 Å². The molecule has 5 nitrogen and oxygen atoms in total. The molecule has 1 aromatic carbocycles. The maximum atomic E-state index is 13.2. The maximum absolute atomic E-state index is 13.2. The summed E-state index contributed by atoms with van der Waals surface area (Å²) in [5, 5.41) is 7.33. The molecule has 4 atom stereocenters. The van der Waals surface area contributed by atoms with Crippen LogP contribution < -0.4 is 5.32 Å². The van der Waals surface area contributed by atoms with E-state index in [4.69, 9.17) is 9.51 Å². The van der Waals surface area contributed by atoms with E-state index in [0.717, 1.165) is 35.4 Å². The highest BCUT2D eigenvalue weighted by Crippen LogP contribution is 2.56. The number of nitrogens with one attached hydrogen (secondary N) is 1. The number of carbonyl (C=O) groups is 1. The molecule has 0 saturated heterocycles. The first-order valence-electron chi connectivity index (χ1n) is 9.86. The van der Waals surface area contributed by atoms with Gasteiger partial charge in [0.25, 0.3) is 0 Å². The van der Waals surface area contributed by atoms with Crippen molar-refractivity contribution < 1.29 is 9.32 Å². The van der Waals surface area contributed by atoms with Gasteiger partial charge in [0.15, 0.2) is 0 Å². The van der Waals surface area contributed by atoms with Gasteiger partial charge in [-0.15, -0.1) is 11.3 Å². The van der Waals surface area contributed by atoms with Crippen molar-refractivity contribution in [3.63, 3.8) is 0 Å². The van der Waals surface area contributed by atoms with Crippen molar-refractivity contribution in [1.29, 1.82) is 0 Å². The van der Waals surface area contributed by atoms with Gasteiger partial charge in [-0.3, -0.25) is 4.79 Å². The Balaban J connectivity index is 1.41. The van der Waals surface area contributed by atoms with Crippen LogP contribution in [0.3, 0.4) is 0 Å². The quantitative estimate of drug-likeness (QED) is 0.663. The van der Waals surface area contributed by atoms with Gasteiger partial charge in [-0.25, -0.2) is 0 Å². The fraction of sp³-hybridized carbons (Fsp3) is 0.409. The van der Waals surface area contributed by atoms with Gasteiger partial charge in [-0.05, 0) is 74.8 Å². The van der Waals surface area contributed by atoms with Gasteiger partial charge in [-0.1, -0.05) is 17.3 Å². The SMILES string of the molecule is Cc1cccc(NC(=O)[C@H]2[C@H]3CC[C@H](C3)[C@@H]2c2nc(-c3ccc(C)s3)no2)c1. The summed E-state index contributed by atoms with van der Waals surface area (Å²) in [6.45, 7) is 4.10. The van der Waals surface area contributed by atoms with Gasteiger partial charge in [0.05, 0.1) is 16.7 Å². The molecule has 0 radical (unpaired) electrons. The van der Waals surface area contributed by atoms with Crippen LogP contribution in [0.4, 0.5) is 5.69 Å². The Bertz CT molecular complexity index is 1020. The molecule has 2 heterocycles. The van der Waals surface area contributed by atoms with Gasteiger partial charge in [0, 0.05) is 10.6 Å². The van der Waals surface area contributed by atoms with Crippen LogP contribution in [-0.4, -0.2) is 16.0 Å². The van der Waals surface area contributed by atoms with E-state index in [9.17, 15) is 4.79 Å². The van der Waals surface area contributed by atoms with Gasteiger partial charge < -0.3 is 9.84 Å². The summed E-state index contributed by atoms with van der Waals surface area (Å²) in [4.78, 5) is 20.1. The lowest BCUT2D eigenvalue weighted by atomic mass is 9.78. The van der Waals surface area contributed by atoms with Crippen molar-refractivity contribution in [3.05, 3.63) is 52.7 Å². The molecule has 2 saturated carbocycles. The third-order valence-electron chi connectivity index (χ3n) is 6.19. The number of nitrogens with zero attached hydrogens (tertiary/aromatic N) is 2. The molecule has 2 bridgehead atoms. The topological polar surface area (TPSA) is 68.0 Å². The minimum Gasteiger partial charge on any atom is -0.339 e. The number of hydrogen-bond acceptors (Lipinski definition) is 5. The van der Waals surface area contributed by atoms with E-state index in [1.54, 1.807) is 11.3 Å². The Morgan fingerprint density at radius 2 is 2.04 bits per heavy atom. The van der Waals surface area contributed by atoms with E-state index in [1.807, 2.05) is 37.3 Å². The standard InChI is InChI=1S/C22H23N3O2S/c1-12-4-3-5-16(10-12)23-21(26)18-14-7-8-15(11-14)19(18)22-24-20(25-27-22)17-9-6-13(2)28-17/h3-6,9-10,14-15,18-19H,7-8,11H2,1-2H3,(H,23,26)/t14-,15+,18-,19-/m0/s1. The molecule has 5 rings (SSSR count). The third-order valence-corrected chi connectivity index (χ3v) is 7.19. The second kappa shape index (κ2) is 6.85. The molecule has 28 heavy (non-hydrogen) atoms. The lowest BCUT2D eigenvalue weighted by Gasteiger charge is -2.27. The lowest BCUT2D eigenvalue weighted by molar-refractivity contribution is -0.122. The van der Waals surface area contributed by atoms with Crippen molar-refractivity contribution in [2.45, 2.75) is 39.0 Å². The van der Waals surface area contributed by atoms with E-state index >= 15 is 0 Å². The monoisotopic (exact) mass is 393 g/mol. The first kappa shape index (κ1) is 17.6. The van der Waals surface area contributed by atoms with Crippen LogP contribution in [0.15, 0.2) is 40.9 Å². The van der Waals surface area contributed by atoms with Crippen molar-refractivity contribution in [2.75, 3.05) is 5.32 Å². The molecule has 6 heteroatoms. The molecular weight excluding hydrogens is 370 g/mol. The average Bonchev–Trinajstić information content (AvgIpc) is 3.44. The van der Waals surface area contributed by atoms with Gasteiger partial charge >= 0.3 is 0 Å². The number of amides is 1. The number of carbonyl (C=O) groups excluding carboxylic acids is 1. The third kappa shape index (κ3) is 3.05. The summed E-state index contributed by atoms with van der Waals surface area (Å²) in [5.41, 5.74) is 1.99. The molecular formula is C22H23N3O2S. The number of benzene rings is 1. The molecule has 1 amide bonds. The Kier molecular flexibility index (Phi) is 4.31. The number of thiophene rings is 1. The van der Waals surface area contributed by atoms with Crippen LogP contribution in [0.1, 0.15) is 41.5 Å².